The predicted molar refractivity (Wildman–Crippen MR) is 85.4 cm³/mol. The Morgan fingerprint density at radius 2 is 1.85 bits per heavy atom. The first kappa shape index (κ1) is 15.0. The normalized spacial score (nSPS) is 10.6. The first-order chi connectivity index (χ1) is 9.60. The number of nitrogens with zero attached hydrogens (tertiary/aromatic N) is 1. The van der Waals surface area contributed by atoms with Crippen molar-refractivity contribution in [2.24, 2.45) is 5.73 Å². The van der Waals surface area contributed by atoms with E-state index in [9.17, 15) is 4.39 Å². The quantitative estimate of drug-likeness (QED) is 0.901. The van der Waals surface area contributed by atoms with E-state index in [-0.39, 0.29) is 5.82 Å². The molecule has 0 radical (unpaired) electrons. The van der Waals surface area contributed by atoms with E-state index < -0.39 is 0 Å². The average molecular weight is 337 g/mol. The maximum atomic E-state index is 13.7. The third-order valence-electron chi connectivity index (χ3n) is 3.34. The lowest BCUT2D eigenvalue weighted by atomic mass is 10.1. The molecule has 0 aliphatic heterocycles. The monoisotopic (exact) mass is 336 g/mol. The van der Waals surface area contributed by atoms with Gasteiger partial charge in [0, 0.05) is 30.3 Å². The molecule has 0 aromatic heterocycles. The molecule has 0 fully saturated rings. The fraction of sp³-hybridized carbons (Fsp3) is 0.250. The van der Waals surface area contributed by atoms with E-state index in [4.69, 9.17) is 5.73 Å². The Bertz CT molecular complexity index is 569. The van der Waals surface area contributed by atoms with Crippen LogP contribution >= 0.6 is 15.9 Å². The Balaban J connectivity index is 2.00. The highest BCUT2D eigenvalue weighted by Crippen LogP contribution is 2.18. The van der Waals surface area contributed by atoms with Gasteiger partial charge in [0.1, 0.15) is 5.82 Å². The summed E-state index contributed by atoms with van der Waals surface area (Å²) in [6, 6.07) is 13.2. The lowest BCUT2D eigenvalue weighted by Gasteiger charge is -2.19. The molecule has 2 aromatic rings. The fourth-order valence-electron chi connectivity index (χ4n) is 2.04. The molecule has 0 aliphatic carbocycles. The maximum absolute atomic E-state index is 13.7. The predicted octanol–water partition coefficient (Wildman–Crippen LogP) is 3.73. The van der Waals surface area contributed by atoms with Gasteiger partial charge < -0.3 is 10.6 Å². The molecule has 0 saturated carbocycles. The summed E-state index contributed by atoms with van der Waals surface area (Å²) in [7, 11) is 2.01. The largest absolute Gasteiger partial charge is 0.374 e. The maximum Gasteiger partial charge on any atom is 0.126 e. The lowest BCUT2D eigenvalue weighted by Crippen LogP contribution is -2.20. The number of anilines is 1. The minimum atomic E-state index is -0.153. The van der Waals surface area contributed by atoms with Gasteiger partial charge >= 0.3 is 0 Å². The molecule has 4 heteroatoms. The van der Waals surface area contributed by atoms with Crippen molar-refractivity contribution in [3.63, 3.8) is 0 Å². The van der Waals surface area contributed by atoms with Crippen molar-refractivity contribution in [2.75, 3.05) is 18.5 Å². The highest BCUT2D eigenvalue weighted by atomic mass is 79.9. The van der Waals surface area contributed by atoms with E-state index >= 15 is 0 Å². The standard InChI is InChI=1S/C16H18BrFN2/c1-20(15-5-2-12(11-19)3-6-15)9-8-13-10-14(17)4-7-16(13)18/h2-7,10H,8-9,11,19H2,1H3. The molecule has 2 N–H and O–H groups in total. The summed E-state index contributed by atoms with van der Waals surface area (Å²) in [4.78, 5) is 2.11. The van der Waals surface area contributed by atoms with Crippen LogP contribution in [0.5, 0.6) is 0 Å². The van der Waals surface area contributed by atoms with Crippen LogP contribution in [0.25, 0.3) is 0 Å². The molecule has 106 valence electrons. The van der Waals surface area contributed by atoms with Crippen LogP contribution in [0.3, 0.4) is 0 Å². The van der Waals surface area contributed by atoms with Crippen LogP contribution < -0.4 is 10.6 Å². The molecule has 20 heavy (non-hydrogen) atoms. The van der Waals surface area contributed by atoms with Crippen molar-refractivity contribution < 1.29 is 4.39 Å². The third kappa shape index (κ3) is 3.81. The lowest BCUT2D eigenvalue weighted by molar-refractivity contribution is 0.608. The molecule has 0 bridgehead atoms. The number of hydrogen-bond acceptors (Lipinski definition) is 2. The molecule has 0 saturated heterocycles. The summed E-state index contributed by atoms with van der Waals surface area (Å²) in [5, 5.41) is 0. The van der Waals surface area contributed by atoms with Gasteiger partial charge in [-0.2, -0.15) is 0 Å². The van der Waals surface area contributed by atoms with Crippen LogP contribution in [0.15, 0.2) is 46.9 Å². The zero-order chi connectivity index (χ0) is 14.5. The zero-order valence-corrected chi connectivity index (χ0v) is 13.0. The van der Waals surface area contributed by atoms with Crippen LogP contribution in [-0.2, 0) is 13.0 Å². The van der Waals surface area contributed by atoms with Crippen LogP contribution in [-0.4, -0.2) is 13.6 Å². The van der Waals surface area contributed by atoms with Crippen LogP contribution in [0.1, 0.15) is 11.1 Å². The minimum absolute atomic E-state index is 0.153. The number of rotatable bonds is 5. The Morgan fingerprint density at radius 3 is 2.50 bits per heavy atom. The SMILES string of the molecule is CN(CCc1cc(Br)ccc1F)c1ccc(CN)cc1. The molecule has 2 nitrogen and oxygen atoms in total. The van der Waals surface area contributed by atoms with Gasteiger partial charge in [-0.1, -0.05) is 28.1 Å². The molecule has 0 unspecified atom stereocenters. The first-order valence-corrected chi connectivity index (χ1v) is 7.33. The Kier molecular flexibility index (Phi) is 5.15. The van der Waals surface area contributed by atoms with Crippen molar-refractivity contribution in [1.29, 1.82) is 0 Å². The topological polar surface area (TPSA) is 29.3 Å². The number of likely N-dealkylation sites (N-methyl/N-ethyl adjacent to an activating group) is 1. The summed E-state index contributed by atoms with van der Waals surface area (Å²) in [5.74, 6) is -0.153. The second kappa shape index (κ2) is 6.86. The van der Waals surface area contributed by atoms with Crippen LogP contribution in [0, 0.1) is 5.82 Å². The van der Waals surface area contributed by atoms with Gasteiger partial charge in [-0.15, -0.1) is 0 Å². The van der Waals surface area contributed by atoms with Gasteiger partial charge in [-0.3, -0.25) is 0 Å². The highest BCUT2D eigenvalue weighted by Gasteiger charge is 2.06. The summed E-state index contributed by atoms with van der Waals surface area (Å²) < 4.78 is 14.6. The Hall–Kier alpha value is -1.39. The molecule has 2 rings (SSSR count). The van der Waals surface area contributed by atoms with Gasteiger partial charge in [0.05, 0.1) is 0 Å². The number of halogens is 2. The van der Waals surface area contributed by atoms with E-state index in [0.29, 0.717) is 13.0 Å². The summed E-state index contributed by atoms with van der Waals surface area (Å²) in [6.45, 7) is 1.31. The Morgan fingerprint density at radius 1 is 1.15 bits per heavy atom. The molecule has 0 spiro atoms. The van der Waals surface area contributed by atoms with Crippen molar-refractivity contribution in [2.45, 2.75) is 13.0 Å². The van der Waals surface area contributed by atoms with E-state index in [0.717, 1.165) is 27.8 Å². The smallest absolute Gasteiger partial charge is 0.126 e. The fourth-order valence-corrected chi connectivity index (χ4v) is 2.45. The average Bonchev–Trinajstić information content (AvgIpc) is 2.48. The molecule has 2 aromatic carbocycles. The van der Waals surface area contributed by atoms with Crippen LogP contribution in [0.4, 0.5) is 10.1 Å². The second-order valence-electron chi connectivity index (χ2n) is 4.78. The van der Waals surface area contributed by atoms with Gasteiger partial charge in [-0.05, 0) is 47.9 Å². The molecular weight excluding hydrogens is 319 g/mol. The van der Waals surface area contributed by atoms with E-state index in [1.54, 1.807) is 6.07 Å². The molecule has 0 aliphatic rings. The molecule has 0 heterocycles. The molecule has 0 atom stereocenters. The summed E-state index contributed by atoms with van der Waals surface area (Å²) in [6.07, 6.45) is 0.667. The summed E-state index contributed by atoms with van der Waals surface area (Å²) >= 11 is 3.37. The minimum Gasteiger partial charge on any atom is -0.374 e. The van der Waals surface area contributed by atoms with E-state index in [1.807, 2.05) is 37.4 Å². The zero-order valence-electron chi connectivity index (χ0n) is 11.4. The van der Waals surface area contributed by atoms with E-state index in [2.05, 4.69) is 20.8 Å². The number of nitrogens with two attached hydrogens (primary N) is 1. The number of hydrogen-bond donors (Lipinski definition) is 1. The van der Waals surface area contributed by atoms with E-state index in [1.165, 1.54) is 6.07 Å². The van der Waals surface area contributed by atoms with Gasteiger partial charge in [0.25, 0.3) is 0 Å². The van der Waals surface area contributed by atoms with Gasteiger partial charge in [0.2, 0.25) is 0 Å². The van der Waals surface area contributed by atoms with Crippen molar-refractivity contribution in [3.05, 3.63) is 63.9 Å². The highest BCUT2D eigenvalue weighted by molar-refractivity contribution is 9.10. The summed E-state index contributed by atoms with van der Waals surface area (Å²) in [5.41, 5.74) is 8.53. The first-order valence-electron chi connectivity index (χ1n) is 6.54. The molecule has 0 amide bonds. The van der Waals surface area contributed by atoms with Gasteiger partial charge in [0.15, 0.2) is 0 Å². The van der Waals surface area contributed by atoms with Crippen molar-refractivity contribution >= 4 is 21.6 Å². The van der Waals surface area contributed by atoms with Crippen LogP contribution in [0.2, 0.25) is 0 Å². The number of benzene rings is 2. The third-order valence-corrected chi connectivity index (χ3v) is 3.83. The van der Waals surface area contributed by atoms with Crippen molar-refractivity contribution in [1.82, 2.24) is 0 Å². The van der Waals surface area contributed by atoms with Crippen molar-refractivity contribution in [3.8, 4) is 0 Å². The Labute approximate surface area is 127 Å². The second-order valence-corrected chi connectivity index (χ2v) is 5.69. The van der Waals surface area contributed by atoms with Gasteiger partial charge in [-0.25, -0.2) is 4.39 Å². The molecular formula is C16H18BrFN2.